The molecule has 2 unspecified atom stereocenters. The topological polar surface area (TPSA) is 24.5 Å². The summed E-state index contributed by atoms with van der Waals surface area (Å²) < 4.78 is 42.9. The minimum atomic E-state index is -4.14. The standard InChI is InChI=1S/C12H23F3N2O/c1-9(2)17(8-12(13,14)15)10(3)6-11-7-18-5-4-16-11/h9-11,16H,4-8H2,1-3H3. The maximum atomic E-state index is 12.5. The van der Waals surface area contributed by atoms with Crippen molar-refractivity contribution >= 4 is 0 Å². The van der Waals surface area contributed by atoms with E-state index in [0.29, 0.717) is 19.6 Å². The Hall–Kier alpha value is -0.330. The van der Waals surface area contributed by atoms with Crippen LogP contribution in [0.5, 0.6) is 0 Å². The highest BCUT2D eigenvalue weighted by molar-refractivity contribution is 4.80. The molecular formula is C12H23F3N2O. The quantitative estimate of drug-likeness (QED) is 0.825. The molecule has 3 nitrogen and oxygen atoms in total. The first-order valence-corrected chi connectivity index (χ1v) is 6.43. The first-order chi connectivity index (χ1) is 8.29. The number of ether oxygens (including phenoxy) is 1. The van der Waals surface area contributed by atoms with Gasteiger partial charge in [0.1, 0.15) is 0 Å². The van der Waals surface area contributed by atoms with Crippen LogP contribution in [0.3, 0.4) is 0 Å². The zero-order valence-electron chi connectivity index (χ0n) is 11.3. The van der Waals surface area contributed by atoms with Crippen molar-refractivity contribution in [3.8, 4) is 0 Å². The zero-order chi connectivity index (χ0) is 13.8. The van der Waals surface area contributed by atoms with Gasteiger partial charge >= 0.3 is 6.18 Å². The summed E-state index contributed by atoms with van der Waals surface area (Å²) in [5, 5.41) is 3.27. The fourth-order valence-electron chi connectivity index (χ4n) is 2.37. The predicted octanol–water partition coefficient (Wildman–Crippen LogP) is 2.03. The van der Waals surface area contributed by atoms with Crippen molar-refractivity contribution in [2.75, 3.05) is 26.3 Å². The Morgan fingerprint density at radius 3 is 2.44 bits per heavy atom. The Balaban J connectivity index is 2.50. The molecule has 0 aromatic heterocycles. The number of hydrogen-bond donors (Lipinski definition) is 1. The van der Waals surface area contributed by atoms with Gasteiger partial charge in [-0.1, -0.05) is 0 Å². The fourth-order valence-corrected chi connectivity index (χ4v) is 2.37. The van der Waals surface area contributed by atoms with Gasteiger partial charge < -0.3 is 10.1 Å². The third kappa shape index (κ3) is 5.54. The van der Waals surface area contributed by atoms with Crippen LogP contribution in [0.25, 0.3) is 0 Å². The van der Waals surface area contributed by atoms with Gasteiger partial charge in [0.25, 0.3) is 0 Å². The van der Waals surface area contributed by atoms with Gasteiger partial charge in [0.05, 0.1) is 19.8 Å². The summed E-state index contributed by atoms with van der Waals surface area (Å²) in [5.74, 6) is 0. The van der Waals surface area contributed by atoms with Crippen molar-refractivity contribution in [2.24, 2.45) is 0 Å². The van der Waals surface area contributed by atoms with Crippen molar-refractivity contribution in [3.05, 3.63) is 0 Å². The summed E-state index contributed by atoms with van der Waals surface area (Å²) in [6, 6.07) is -0.0832. The molecule has 1 aliphatic rings. The summed E-state index contributed by atoms with van der Waals surface area (Å²) in [6.45, 7) is 6.64. The molecule has 0 radical (unpaired) electrons. The lowest BCUT2D eigenvalue weighted by molar-refractivity contribution is -0.155. The molecule has 0 amide bonds. The second kappa shape index (κ2) is 6.73. The molecule has 1 aliphatic heterocycles. The molecule has 0 aromatic rings. The van der Waals surface area contributed by atoms with Gasteiger partial charge in [0.15, 0.2) is 0 Å². The van der Waals surface area contributed by atoms with Crippen LogP contribution in [0.1, 0.15) is 27.2 Å². The molecule has 1 fully saturated rings. The van der Waals surface area contributed by atoms with Crippen LogP contribution < -0.4 is 5.32 Å². The van der Waals surface area contributed by atoms with Gasteiger partial charge in [0, 0.05) is 24.7 Å². The number of morpholine rings is 1. The van der Waals surface area contributed by atoms with Crippen LogP contribution >= 0.6 is 0 Å². The molecule has 0 aliphatic carbocycles. The van der Waals surface area contributed by atoms with Crippen molar-refractivity contribution in [1.82, 2.24) is 10.2 Å². The summed E-state index contributed by atoms with van der Waals surface area (Å²) >= 11 is 0. The molecule has 6 heteroatoms. The summed E-state index contributed by atoms with van der Waals surface area (Å²) in [6.07, 6.45) is -3.47. The predicted molar refractivity (Wildman–Crippen MR) is 64.6 cm³/mol. The monoisotopic (exact) mass is 268 g/mol. The van der Waals surface area contributed by atoms with Gasteiger partial charge in [0.2, 0.25) is 0 Å². The number of rotatable bonds is 5. The van der Waals surface area contributed by atoms with Crippen molar-refractivity contribution in [2.45, 2.75) is 51.5 Å². The van der Waals surface area contributed by atoms with Crippen molar-refractivity contribution in [1.29, 1.82) is 0 Å². The summed E-state index contributed by atoms with van der Waals surface area (Å²) in [5.41, 5.74) is 0. The second-order valence-corrected chi connectivity index (χ2v) is 5.19. The van der Waals surface area contributed by atoms with Crippen LogP contribution in [0.2, 0.25) is 0 Å². The van der Waals surface area contributed by atoms with E-state index >= 15 is 0 Å². The van der Waals surface area contributed by atoms with E-state index in [0.717, 1.165) is 6.54 Å². The van der Waals surface area contributed by atoms with E-state index < -0.39 is 12.7 Å². The van der Waals surface area contributed by atoms with E-state index in [1.54, 1.807) is 13.8 Å². The molecular weight excluding hydrogens is 245 g/mol. The van der Waals surface area contributed by atoms with Crippen molar-refractivity contribution in [3.63, 3.8) is 0 Å². The third-order valence-corrected chi connectivity index (χ3v) is 3.22. The SMILES string of the molecule is CC(C)N(CC(F)(F)F)C(C)CC1COCCN1. The van der Waals surface area contributed by atoms with Crippen LogP contribution in [-0.4, -0.2) is 55.5 Å². The Morgan fingerprint density at radius 2 is 2.00 bits per heavy atom. The maximum absolute atomic E-state index is 12.5. The van der Waals surface area contributed by atoms with Gasteiger partial charge in [-0.25, -0.2) is 0 Å². The lowest BCUT2D eigenvalue weighted by atomic mass is 10.1. The first kappa shape index (κ1) is 15.7. The van der Waals surface area contributed by atoms with Crippen LogP contribution in [0, 0.1) is 0 Å². The van der Waals surface area contributed by atoms with Gasteiger partial charge in [-0.05, 0) is 27.2 Å². The maximum Gasteiger partial charge on any atom is 0.401 e. The Bertz CT molecular complexity index is 240. The molecule has 1 rings (SSSR count). The normalized spacial score (nSPS) is 23.7. The van der Waals surface area contributed by atoms with E-state index in [4.69, 9.17) is 4.74 Å². The highest BCUT2D eigenvalue weighted by Crippen LogP contribution is 2.21. The highest BCUT2D eigenvalue weighted by atomic mass is 19.4. The number of nitrogens with zero attached hydrogens (tertiary/aromatic N) is 1. The number of nitrogens with one attached hydrogen (secondary N) is 1. The molecule has 0 aromatic carbocycles. The lowest BCUT2D eigenvalue weighted by Crippen LogP contribution is -2.49. The third-order valence-electron chi connectivity index (χ3n) is 3.22. The van der Waals surface area contributed by atoms with Gasteiger partial charge in [-0.15, -0.1) is 0 Å². The van der Waals surface area contributed by atoms with Crippen LogP contribution in [-0.2, 0) is 4.74 Å². The average molecular weight is 268 g/mol. The van der Waals surface area contributed by atoms with Gasteiger partial charge in [-0.2, -0.15) is 13.2 Å². The number of halogens is 3. The second-order valence-electron chi connectivity index (χ2n) is 5.19. The minimum absolute atomic E-state index is 0.119. The minimum Gasteiger partial charge on any atom is -0.379 e. The average Bonchev–Trinajstić information content (AvgIpc) is 2.25. The number of alkyl halides is 3. The Morgan fingerprint density at radius 1 is 1.33 bits per heavy atom. The van der Waals surface area contributed by atoms with Crippen LogP contribution in [0.15, 0.2) is 0 Å². The first-order valence-electron chi connectivity index (χ1n) is 6.43. The lowest BCUT2D eigenvalue weighted by Gasteiger charge is -2.36. The van der Waals surface area contributed by atoms with E-state index in [1.807, 2.05) is 6.92 Å². The molecule has 0 saturated carbocycles. The Kier molecular flexibility index (Phi) is 5.88. The van der Waals surface area contributed by atoms with Crippen LogP contribution in [0.4, 0.5) is 13.2 Å². The smallest absolute Gasteiger partial charge is 0.379 e. The zero-order valence-corrected chi connectivity index (χ0v) is 11.3. The highest BCUT2D eigenvalue weighted by Gasteiger charge is 2.34. The van der Waals surface area contributed by atoms with E-state index in [9.17, 15) is 13.2 Å². The Labute approximate surface area is 107 Å². The molecule has 2 atom stereocenters. The molecule has 1 saturated heterocycles. The molecule has 0 bridgehead atoms. The summed E-state index contributed by atoms with van der Waals surface area (Å²) in [7, 11) is 0. The van der Waals surface area contributed by atoms with E-state index in [2.05, 4.69) is 5.32 Å². The molecule has 1 heterocycles. The molecule has 0 spiro atoms. The molecule has 108 valence electrons. The molecule has 18 heavy (non-hydrogen) atoms. The molecule has 1 N–H and O–H groups in total. The van der Waals surface area contributed by atoms with Crippen molar-refractivity contribution < 1.29 is 17.9 Å². The van der Waals surface area contributed by atoms with E-state index in [-0.39, 0.29) is 18.1 Å². The van der Waals surface area contributed by atoms with E-state index in [1.165, 1.54) is 4.90 Å². The van der Waals surface area contributed by atoms with Gasteiger partial charge in [-0.3, -0.25) is 4.90 Å². The summed E-state index contributed by atoms with van der Waals surface area (Å²) in [4.78, 5) is 1.50. The fraction of sp³-hybridized carbons (Fsp3) is 1.00. The largest absolute Gasteiger partial charge is 0.401 e. The number of hydrogen-bond acceptors (Lipinski definition) is 3.